The minimum atomic E-state index is -0.829. The second-order valence-corrected chi connectivity index (χ2v) is 5.47. The second-order valence-electron chi connectivity index (χ2n) is 5.47. The number of nitriles is 1. The lowest BCUT2D eigenvalue weighted by atomic mass is 9.63. The molecule has 1 saturated carbocycles. The average Bonchev–Trinajstić information content (AvgIpc) is 2.82. The molecular formula is C13H18N2O3. The fourth-order valence-corrected chi connectivity index (χ4v) is 3.05. The smallest absolute Gasteiger partial charge is 0.310 e. The Kier molecular flexibility index (Phi) is 3.29. The normalized spacial score (nSPS) is 34.6. The van der Waals surface area contributed by atoms with Gasteiger partial charge in [-0.2, -0.15) is 5.26 Å². The topological polar surface area (TPSA) is 70.4 Å². The van der Waals surface area contributed by atoms with Crippen LogP contribution in [0.3, 0.4) is 0 Å². The molecule has 5 nitrogen and oxygen atoms in total. The Balaban J connectivity index is 2.00. The first kappa shape index (κ1) is 12.9. The first-order valence-corrected chi connectivity index (χ1v) is 6.31. The van der Waals surface area contributed by atoms with Crippen molar-refractivity contribution in [3.63, 3.8) is 0 Å². The highest BCUT2D eigenvalue weighted by Crippen LogP contribution is 2.46. The maximum Gasteiger partial charge on any atom is 0.310 e. The van der Waals surface area contributed by atoms with Crippen LogP contribution in [0.5, 0.6) is 0 Å². The van der Waals surface area contributed by atoms with Gasteiger partial charge in [0.05, 0.1) is 19.1 Å². The Morgan fingerprint density at radius 3 is 2.61 bits per heavy atom. The van der Waals surface area contributed by atoms with Crippen LogP contribution in [0.1, 0.15) is 26.2 Å². The van der Waals surface area contributed by atoms with Gasteiger partial charge in [0.1, 0.15) is 5.41 Å². The van der Waals surface area contributed by atoms with Gasteiger partial charge in [0.2, 0.25) is 5.91 Å². The van der Waals surface area contributed by atoms with Gasteiger partial charge in [-0.3, -0.25) is 9.59 Å². The Hall–Kier alpha value is -1.57. The van der Waals surface area contributed by atoms with E-state index in [-0.39, 0.29) is 17.8 Å². The minimum absolute atomic E-state index is 0.102. The van der Waals surface area contributed by atoms with Crippen LogP contribution in [0.2, 0.25) is 0 Å². The summed E-state index contributed by atoms with van der Waals surface area (Å²) in [7, 11) is 1.36. The van der Waals surface area contributed by atoms with Crippen LogP contribution in [0, 0.1) is 28.6 Å². The number of nitrogens with zero attached hydrogens (tertiary/aromatic N) is 2. The number of amides is 1. The summed E-state index contributed by atoms with van der Waals surface area (Å²) in [5.41, 5.74) is -0.829. The van der Waals surface area contributed by atoms with Crippen molar-refractivity contribution in [2.75, 3.05) is 20.2 Å². The highest BCUT2D eigenvalue weighted by Gasteiger charge is 2.51. The molecule has 1 heterocycles. The summed E-state index contributed by atoms with van der Waals surface area (Å²) in [5.74, 6) is -0.160. The predicted octanol–water partition coefficient (Wildman–Crippen LogP) is 0.948. The van der Waals surface area contributed by atoms with Gasteiger partial charge in [-0.1, -0.05) is 6.92 Å². The molecule has 1 atom stereocenters. The number of likely N-dealkylation sites (tertiary alicyclic amines) is 1. The van der Waals surface area contributed by atoms with Crippen LogP contribution in [-0.4, -0.2) is 37.0 Å². The van der Waals surface area contributed by atoms with Crippen LogP contribution in [0.4, 0.5) is 0 Å². The number of hydrogen-bond acceptors (Lipinski definition) is 4. The van der Waals surface area contributed by atoms with Gasteiger partial charge in [-0.05, 0) is 25.2 Å². The molecule has 0 spiro atoms. The van der Waals surface area contributed by atoms with Crippen LogP contribution >= 0.6 is 0 Å². The molecule has 1 unspecified atom stereocenters. The quantitative estimate of drug-likeness (QED) is 0.684. The summed E-state index contributed by atoms with van der Waals surface area (Å²) in [4.78, 5) is 25.4. The Morgan fingerprint density at radius 1 is 1.44 bits per heavy atom. The number of rotatable bonds is 2. The van der Waals surface area contributed by atoms with E-state index in [1.165, 1.54) is 7.11 Å². The maximum absolute atomic E-state index is 12.3. The van der Waals surface area contributed by atoms with Crippen molar-refractivity contribution in [1.82, 2.24) is 4.90 Å². The third-order valence-electron chi connectivity index (χ3n) is 4.03. The molecule has 98 valence electrons. The zero-order chi connectivity index (χ0) is 13.3. The molecule has 0 aromatic heterocycles. The van der Waals surface area contributed by atoms with E-state index < -0.39 is 5.41 Å². The van der Waals surface area contributed by atoms with Gasteiger partial charge in [0.15, 0.2) is 0 Å². The van der Waals surface area contributed by atoms with E-state index in [1.54, 1.807) is 4.90 Å². The summed E-state index contributed by atoms with van der Waals surface area (Å²) in [6.07, 6.45) is 1.92. The minimum Gasteiger partial charge on any atom is -0.469 e. The molecule has 2 aliphatic rings. The summed E-state index contributed by atoms with van der Waals surface area (Å²) in [6, 6.07) is 2.17. The van der Waals surface area contributed by atoms with Crippen molar-refractivity contribution in [1.29, 1.82) is 5.26 Å². The fourth-order valence-electron chi connectivity index (χ4n) is 3.05. The van der Waals surface area contributed by atoms with E-state index in [1.807, 2.05) is 6.92 Å². The summed E-state index contributed by atoms with van der Waals surface area (Å²) < 4.78 is 4.69. The third kappa shape index (κ3) is 1.96. The first-order chi connectivity index (χ1) is 8.52. The molecule has 0 bridgehead atoms. The molecule has 2 fully saturated rings. The van der Waals surface area contributed by atoms with E-state index in [2.05, 4.69) is 10.8 Å². The number of carbonyl (C=O) groups excluding carboxylic acids is 2. The van der Waals surface area contributed by atoms with Crippen molar-refractivity contribution >= 4 is 11.9 Å². The van der Waals surface area contributed by atoms with Gasteiger partial charge in [-0.25, -0.2) is 0 Å². The molecule has 1 saturated heterocycles. The molecule has 1 aliphatic carbocycles. The van der Waals surface area contributed by atoms with Crippen LogP contribution in [0.25, 0.3) is 0 Å². The van der Waals surface area contributed by atoms with E-state index >= 15 is 0 Å². The summed E-state index contributed by atoms with van der Waals surface area (Å²) >= 11 is 0. The number of methoxy groups -OCH3 is 1. The second kappa shape index (κ2) is 4.60. The molecule has 0 aromatic rings. The first-order valence-electron chi connectivity index (χ1n) is 6.31. The lowest BCUT2D eigenvalue weighted by molar-refractivity contribution is -0.147. The van der Waals surface area contributed by atoms with Crippen molar-refractivity contribution in [2.24, 2.45) is 17.3 Å². The molecule has 1 amide bonds. The van der Waals surface area contributed by atoms with Crippen LogP contribution < -0.4 is 0 Å². The zero-order valence-corrected chi connectivity index (χ0v) is 10.8. The maximum atomic E-state index is 12.3. The predicted molar refractivity (Wildman–Crippen MR) is 63.1 cm³/mol. The van der Waals surface area contributed by atoms with Crippen molar-refractivity contribution in [3.8, 4) is 6.07 Å². The lowest BCUT2D eigenvalue weighted by Crippen LogP contribution is -2.49. The number of ether oxygens (including phenoxy) is 1. The summed E-state index contributed by atoms with van der Waals surface area (Å²) in [5, 5.41) is 9.22. The number of esters is 1. The highest BCUT2D eigenvalue weighted by molar-refractivity contribution is 5.87. The highest BCUT2D eigenvalue weighted by atomic mass is 16.5. The largest absolute Gasteiger partial charge is 0.469 e. The Bertz CT molecular complexity index is 407. The standard InChI is InChI=1S/C13H18N2O3/c1-9-5-13(6-9,8-14)12(17)15-4-3-10(7-15)11(16)18-2/h9-10H,3-7H2,1-2H3. The van der Waals surface area contributed by atoms with Gasteiger partial charge < -0.3 is 9.64 Å². The van der Waals surface area contributed by atoms with Crippen LogP contribution in [-0.2, 0) is 14.3 Å². The van der Waals surface area contributed by atoms with Crippen LogP contribution in [0.15, 0.2) is 0 Å². The molecular weight excluding hydrogens is 232 g/mol. The molecule has 18 heavy (non-hydrogen) atoms. The molecule has 0 N–H and O–H groups in total. The number of hydrogen-bond donors (Lipinski definition) is 0. The van der Waals surface area contributed by atoms with E-state index in [9.17, 15) is 14.9 Å². The molecule has 1 aliphatic heterocycles. The summed E-state index contributed by atoms with van der Waals surface area (Å²) in [6.45, 7) is 2.99. The zero-order valence-electron chi connectivity index (χ0n) is 10.8. The van der Waals surface area contributed by atoms with Crippen molar-refractivity contribution in [2.45, 2.75) is 26.2 Å². The number of carbonyl (C=O) groups is 2. The lowest BCUT2D eigenvalue weighted by Gasteiger charge is -2.41. The SMILES string of the molecule is COC(=O)C1CCN(C(=O)C2(C#N)CC(C)C2)C1. The van der Waals surface area contributed by atoms with Gasteiger partial charge in [-0.15, -0.1) is 0 Å². The fraction of sp³-hybridized carbons (Fsp3) is 0.769. The van der Waals surface area contributed by atoms with Gasteiger partial charge >= 0.3 is 5.97 Å². The molecule has 0 radical (unpaired) electrons. The Morgan fingerprint density at radius 2 is 2.11 bits per heavy atom. The molecule has 2 rings (SSSR count). The third-order valence-corrected chi connectivity index (χ3v) is 4.03. The van der Waals surface area contributed by atoms with E-state index in [0.29, 0.717) is 38.3 Å². The van der Waals surface area contributed by atoms with E-state index in [4.69, 9.17) is 0 Å². The monoisotopic (exact) mass is 250 g/mol. The van der Waals surface area contributed by atoms with Crippen molar-refractivity contribution in [3.05, 3.63) is 0 Å². The van der Waals surface area contributed by atoms with Gasteiger partial charge in [0, 0.05) is 13.1 Å². The molecule has 0 aromatic carbocycles. The Labute approximate surface area is 107 Å². The molecule has 5 heteroatoms. The van der Waals surface area contributed by atoms with Gasteiger partial charge in [0.25, 0.3) is 0 Å². The van der Waals surface area contributed by atoms with Crippen molar-refractivity contribution < 1.29 is 14.3 Å². The van der Waals surface area contributed by atoms with E-state index in [0.717, 1.165) is 0 Å². The average molecular weight is 250 g/mol.